The SMILES string of the molecule is CS(=O)(=O)c1ccc(C(=O)NC2CCC(c3nc4cc(Cl)cnc4o3)CC2)o1. The average Bonchev–Trinajstić information content (AvgIpc) is 3.29. The van der Waals surface area contributed by atoms with Crippen molar-refractivity contribution in [2.24, 2.45) is 0 Å². The normalized spacial score (nSPS) is 20.4. The quantitative estimate of drug-likeness (QED) is 0.684. The number of halogens is 1. The van der Waals surface area contributed by atoms with Gasteiger partial charge in [0.15, 0.2) is 5.76 Å². The minimum atomic E-state index is -3.48. The number of sulfone groups is 1. The number of nitrogens with zero attached hydrogens (tertiary/aromatic N) is 2. The zero-order chi connectivity index (χ0) is 19.9. The molecule has 0 aromatic carbocycles. The molecule has 28 heavy (non-hydrogen) atoms. The zero-order valence-corrected chi connectivity index (χ0v) is 16.6. The number of rotatable bonds is 4. The minimum Gasteiger partial charge on any atom is -0.440 e. The average molecular weight is 424 g/mol. The first kappa shape index (κ1) is 18.9. The molecule has 0 atom stereocenters. The van der Waals surface area contributed by atoms with Crippen LogP contribution in [-0.2, 0) is 9.84 Å². The zero-order valence-electron chi connectivity index (χ0n) is 15.0. The van der Waals surface area contributed by atoms with Crippen molar-refractivity contribution in [3.63, 3.8) is 0 Å². The molecule has 1 saturated carbocycles. The lowest BCUT2D eigenvalue weighted by Gasteiger charge is -2.27. The van der Waals surface area contributed by atoms with Crippen LogP contribution in [0.4, 0.5) is 0 Å². The van der Waals surface area contributed by atoms with Gasteiger partial charge >= 0.3 is 0 Å². The summed E-state index contributed by atoms with van der Waals surface area (Å²) in [5, 5.41) is 3.19. The number of hydrogen-bond acceptors (Lipinski definition) is 7. The molecule has 148 valence electrons. The van der Waals surface area contributed by atoms with E-state index in [9.17, 15) is 13.2 Å². The van der Waals surface area contributed by atoms with Crippen LogP contribution in [-0.4, -0.2) is 36.6 Å². The fourth-order valence-electron chi connectivity index (χ4n) is 3.37. The van der Waals surface area contributed by atoms with E-state index in [2.05, 4.69) is 15.3 Å². The van der Waals surface area contributed by atoms with Crippen LogP contribution in [0, 0.1) is 0 Å². The van der Waals surface area contributed by atoms with E-state index in [-0.39, 0.29) is 22.8 Å². The second kappa shape index (κ2) is 7.21. The first-order chi connectivity index (χ1) is 13.3. The summed E-state index contributed by atoms with van der Waals surface area (Å²) in [6, 6.07) is 4.35. The molecular formula is C18H18ClN3O5S. The van der Waals surface area contributed by atoms with E-state index in [1.54, 1.807) is 6.07 Å². The Morgan fingerprint density at radius 3 is 2.64 bits per heavy atom. The highest BCUT2D eigenvalue weighted by Crippen LogP contribution is 2.34. The predicted molar refractivity (Wildman–Crippen MR) is 101 cm³/mol. The van der Waals surface area contributed by atoms with E-state index in [1.165, 1.54) is 18.3 Å². The van der Waals surface area contributed by atoms with Crippen molar-refractivity contribution >= 4 is 38.6 Å². The molecule has 10 heteroatoms. The lowest BCUT2D eigenvalue weighted by molar-refractivity contribution is 0.0891. The first-order valence-corrected chi connectivity index (χ1v) is 11.1. The van der Waals surface area contributed by atoms with E-state index >= 15 is 0 Å². The number of fused-ring (bicyclic) bond motifs is 1. The van der Waals surface area contributed by atoms with Crippen LogP contribution in [0.3, 0.4) is 0 Å². The van der Waals surface area contributed by atoms with Crippen LogP contribution in [0.2, 0.25) is 5.02 Å². The van der Waals surface area contributed by atoms with Crippen molar-refractivity contribution in [1.82, 2.24) is 15.3 Å². The molecule has 0 bridgehead atoms. The molecule has 0 unspecified atom stereocenters. The van der Waals surface area contributed by atoms with Crippen LogP contribution in [0.5, 0.6) is 0 Å². The summed E-state index contributed by atoms with van der Waals surface area (Å²) in [6.07, 6.45) is 5.67. The minimum absolute atomic E-state index is 0.00977. The van der Waals surface area contributed by atoms with E-state index in [1.807, 2.05) is 0 Å². The molecule has 8 nitrogen and oxygen atoms in total. The maximum atomic E-state index is 12.3. The van der Waals surface area contributed by atoms with Gasteiger partial charge in [-0.1, -0.05) is 11.6 Å². The lowest BCUT2D eigenvalue weighted by Crippen LogP contribution is -2.37. The molecule has 3 heterocycles. The molecular weight excluding hydrogens is 406 g/mol. The predicted octanol–water partition coefficient (Wildman–Crippen LogP) is 3.33. The summed E-state index contributed by atoms with van der Waals surface area (Å²) in [4.78, 5) is 20.9. The summed E-state index contributed by atoms with van der Waals surface area (Å²) in [6.45, 7) is 0. The summed E-state index contributed by atoms with van der Waals surface area (Å²) in [5.74, 6) is 0.364. The number of pyridine rings is 1. The number of aromatic nitrogens is 2. The molecule has 3 aromatic heterocycles. The number of carbonyl (C=O) groups is 1. The van der Waals surface area contributed by atoms with Crippen molar-refractivity contribution in [3.05, 3.63) is 41.1 Å². The second-order valence-corrected chi connectivity index (χ2v) is 9.33. The van der Waals surface area contributed by atoms with Crippen molar-refractivity contribution in [2.45, 2.75) is 42.7 Å². The number of nitrogens with one attached hydrogen (secondary N) is 1. The van der Waals surface area contributed by atoms with Gasteiger partial charge in [-0.25, -0.2) is 18.4 Å². The highest BCUT2D eigenvalue weighted by atomic mass is 35.5. The molecule has 0 saturated heterocycles. The molecule has 1 aliphatic rings. The number of furan rings is 1. The van der Waals surface area contributed by atoms with Gasteiger partial charge in [-0.2, -0.15) is 0 Å². The van der Waals surface area contributed by atoms with Crippen LogP contribution >= 0.6 is 11.6 Å². The smallest absolute Gasteiger partial charge is 0.287 e. The molecule has 1 aliphatic carbocycles. The van der Waals surface area contributed by atoms with Gasteiger partial charge in [-0.3, -0.25) is 4.79 Å². The highest BCUT2D eigenvalue weighted by molar-refractivity contribution is 7.90. The molecule has 0 radical (unpaired) electrons. The third-order valence-electron chi connectivity index (χ3n) is 4.81. The van der Waals surface area contributed by atoms with Gasteiger partial charge in [0.05, 0.1) is 5.02 Å². The van der Waals surface area contributed by atoms with Gasteiger partial charge in [0.1, 0.15) is 5.52 Å². The maximum absolute atomic E-state index is 12.3. The molecule has 3 aromatic rings. The van der Waals surface area contributed by atoms with Gasteiger partial charge in [0.25, 0.3) is 5.91 Å². The molecule has 0 aliphatic heterocycles. The maximum Gasteiger partial charge on any atom is 0.287 e. The van der Waals surface area contributed by atoms with E-state index in [0.29, 0.717) is 22.1 Å². The number of amides is 1. The van der Waals surface area contributed by atoms with Gasteiger partial charge in [-0.15, -0.1) is 0 Å². The van der Waals surface area contributed by atoms with Gasteiger partial charge in [0.2, 0.25) is 26.5 Å². The second-order valence-electron chi connectivity index (χ2n) is 6.94. The van der Waals surface area contributed by atoms with E-state index in [0.717, 1.165) is 31.9 Å². The van der Waals surface area contributed by atoms with Crippen molar-refractivity contribution in [3.8, 4) is 0 Å². The molecule has 0 spiro atoms. The topological polar surface area (TPSA) is 115 Å². The van der Waals surface area contributed by atoms with Crippen molar-refractivity contribution < 1.29 is 22.0 Å². The first-order valence-electron chi connectivity index (χ1n) is 8.82. The molecule has 1 fully saturated rings. The van der Waals surface area contributed by atoms with Crippen LogP contribution in [0.25, 0.3) is 11.2 Å². The highest BCUT2D eigenvalue weighted by Gasteiger charge is 2.28. The number of hydrogen-bond donors (Lipinski definition) is 1. The Morgan fingerprint density at radius 1 is 1.21 bits per heavy atom. The Bertz CT molecular complexity index is 1130. The lowest BCUT2D eigenvalue weighted by atomic mass is 9.86. The van der Waals surface area contributed by atoms with Gasteiger partial charge < -0.3 is 14.2 Å². The third-order valence-corrected chi connectivity index (χ3v) is 5.97. The third kappa shape index (κ3) is 3.90. The summed E-state index contributed by atoms with van der Waals surface area (Å²) >= 11 is 5.93. The molecule has 4 rings (SSSR count). The Labute approximate surface area is 166 Å². The van der Waals surface area contributed by atoms with E-state index < -0.39 is 15.7 Å². The fourth-order valence-corrected chi connectivity index (χ4v) is 4.08. The summed E-state index contributed by atoms with van der Waals surface area (Å²) in [5.41, 5.74) is 1.10. The largest absolute Gasteiger partial charge is 0.440 e. The van der Waals surface area contributed by atoms with Crippen molar-refractivity contribution in [1.29, 1.82) is 0 Å². The van der Waals surface area contributed by atoms with Gasteiger partial charge in [0, 0.05) is 24.4 Å². The Kier molecular flexibility index (Phi) is 4.88. The van der Waals surface area contributed by atoms with Crippen LogP contribution < -0.4 is 5.32 Å². The molecule has 1 amide bonds. The van der Waals surface area contributed by atoms with Crippen LogP contribution in [0.1, 0.15) is 48.0 Å². The fraction of sp³-hybridized carbons (Fsp3) is 0.389. The monoisotopic (exact) mass is 423 g/mol. The number of oxazole rings is 1. The standard InChI is InChI=1S/C18H18ClN3O5S/c1-28(24,25)15-7-6-14(26-15)16(23)21-12-4-2-10(3-5-12)17-22-13-8-11(19)9-20-18(13)27-17/h6-10,12H,2-5H2,1H3,(H,21,23). The van der Waals surface area contributed by atoms with Crippen molar-refractivity contribution in [2.75, 3.05) is 6.26 Å². The summed E-state index contributed by atoms with van der Waals surface area (Å²) < 4.78 is 33.8. The summed E-state index contributed by atoms with van der Waals surface area (Å²) in [7, 11) is -3.48. The van der Waals surface area contributed by atoms with E-state index in [4.69, 9.17) is 20.4 Å². The van der Waals surface area contributed by atoms with Gasteiger partial charge in [-0.05, 0) is 43.9 Å². The van der Waals surface area contributed by atoms with Crippen LogP contribution in [0.15, 0.2) is 38.3 Å². The molecule has 1 N–H and O–H groups in total. The Morgan fingerprint density at radius 2 is 1.96 bits per heavy atom. The number of carbonyl (C=O) groups excluding carboxylic acids is 1. The Hall–Kier alpha value is -2.39. The Balaban J connectivity index is 1.37.